The van der Waals surface area contributed by atoms with Crippen molar-refractivity contribution >= 4 is 11.5 Å². The quantitative estimate of drug-likeness (QED) is 0.876. The molecule has 2 heterocycles. The van der Waals surface area contributed by atoms with E-state index < -0.39 is 0 Å². The van der Waals surface area contributed by atoms with Crippen LogP contribution in [0.2, 0.25) is 0 Å². The number of aryl methyl sites for hydroxylation is 1. The summed E-state index contributed by atoms with van der Waals surface area (Å²) in [5.41, 5.74) is 2.34. The minimum Gasteiger partial charge on any atom is -0.501 e. The first kappa shape index (κ1) is 12.5. The zero-order valence-electron chi connectivity index (χ0n) is 10.4. The predicted molar refractivity (Wildman–Crippen MR) is 68.9 cm³/mol. The topological polar surface area (TPSA) is 47.0 Å². The van der Waals surface area contributed by atoms with Crippen molar-refractivity contribution in [2.24, 2.45) is 0 Å². The Kier molecular flexibility index (Phi) is 4.50. The molecule has 1 atom stereocenters. The maximum Gasteiger partial charge on any atom is 0.0876 e. The molecule has 0 aliphatic carbocycles. The molecule has 17 heavy (non-hydrogen) atoms. The van der Waals surface area contributed by atoms with Crippen LogP contribution in [0.25, 0.3) is 0 Å². The van der Waals surface area contributed by atoms with E-state index in [1.54, 1.807) is 0 Å². The van der Waals surface area contributed by atoms with E-state index in [0.717, 1.165) is 38.1 Å². The zero-order chi connectivity index (χ0) is 12.1. The van der Waals surface area contributed by atoms with Crippen LogP contribution in [0.4, 0.5) is 0 Å². The van der Waals surface area contributed by atoms with Gasteiger partial charge >= 0.3 is 0 Å². The maximum atomic E-state index is 5.44. The van der Waals surface area contributed by atoms with Crippen LogP contribution in [-0.2, 0) is 4.74 Å². The number of nitrogens with zero attached hydrogens (tertiary/aromatic N) is 2. The zero-order valence-corrected chi connectivity index (χ0v) is 11.2. The molecule has 0 spiro atoms. The monoisotopic (exact) mass is 253 g/mol. The molecule has 0 radical (unpaired) electrons. The van der Waals surface area contributed by atoms with Gasteiger partial charge in [0.15, 0.2) is 0 Å². The molecular formula is C12H19N3OS. The minimum absolute atomic E-state index is 0.232. The van der Waals surface area contributed by atoms with Crippen LogP contribution < -0.4 is 5.32 Å². The molecule has 4 nitrogen and oxygen atoms in total. The minimum atomic E-state index is 0.232. The van der Waals surface area contributed by atoms with Crippen LogP contribution in [-0.4, -0.2) is 22.7 Å². The SMILES string of the molecule is CCCNC(C1=COCCC1)c1snnc1C. The Bertz CT molecular complexity index is 389. The van der Waals surface area contributed by atoms with Crippen molar-refractivity contribution in [1.29, 1.82) is 0 Å². The van der Waals surface area contributed by atoms with Gasteiger partial charge in [-0.2, -0.15) is 0 Å². The Labute approximate surface area is 106 Å². The largest absolute Gasteiger partial charge is 0.501 e. The number of hydrogen-bond acceptors (Lipinski definition) is 5. The van der Waals surface area contributed by atoms with E-state index in [1.165, 1.54) is 22.0 Å². The van der Waals surface area contributed by atoms with Gasteiger partial charge in [0, 0.05) is 0 Å². The van der Waals surface area contributed by atoms with Gasteiger partial charge in [0.25, 0.3) is 0 Å². The van der Waals surface area contributed by atoms with Crippen molar-refractivity contribution in [1.82, 2.24) is 14.9 Å². The fraction of sp³-hybridized carbons (Fsp3) is 0.667. The summed E-state index contributed by atoms with van der Waals surface area (Å²) in [5, 5.41) is 7.67. The van der Waals surface area contributed by atoms with Gasteiger partial charge in [-0.05, 0) is 49.8 Å². The van der Waals surface area contributed by atoms with Crippen LogP contribution in [0.5, 0.6) is 0 Å². The van der Waals surface area contributed by atoms with Crippen molar-refractivity contribution < 1.29 is 4.74 Å². The Morgan fingerprint density at radius 3 is 3.06 bits per heavy atom. The summed E-state index contributed by atoms with van der Waals surface area (Å²) in [7, 11) is 0. The lowest BCUT2D eigenvalue weighted by molar-refractivity contribution is 0.219. The molecule has 0 bridgehead atoms. The second kappa shape index (κ2) is 6.12. The third-order valence-electron chi connectivity index (χ3n) is 2.88. The molecular weight excluding hydrogens is 234 g/mol. The normalized spacial score (nSPS) is 17.4. The van der Waals surface area contributed by atoms with E-state index in [9.17, 15) is 0 Å². The molecule has 0 amide bonds. The summed E-state index contributed by atoms with van der Waals surface area (Å²) >= 11 is 1.48. The van der Waals surface area contributed by atoms with Crippen LogP contribution in [0, 0.1) is 6.92 Å². The number of hydrogen-bond donors (Lipinski definition) is 1. The maximum absolute atomic E-state index is 5.44. The summed E-state index contributed by atoms with van der Waals surface area (Å²) in [5.74, 6) is 0. The number of ether oxygens (including phenoxy) is 1. The molecule has 5 heteroatoms. The predicted octanol–water partition coefficient (Wildman–Crippen LogP) is 2.58. The summed E-state index contributed by atoms with van der Waals surface area (Å²) in [4.78, 5) is 1.22. The molecule has 94 valence electrons. The average molecular weight is 253 g/mol. The van der Waals surface area contributed by atoms with Gasteiger partial charge in [0.1, 0.15) is 0 Å². The Hall–Kier alpha value is -0.940. The van der Waals surface area contributed by atoms with Crippen molar-refractivity contribution in [3.8, 4) is 0 Å². The summed E-state index contributed by atoms with van der Waals surface area (Å²) in [6.45, 7) is 6.03. The summed E-state index contributed by atoms with van der Waals surface area (Å²) in [6.07, 6.45) is 5.23. The first-order chi connectivity index (χ1) is 8.33. The van der Waals surface area contributed by atoms with Crippen LogP contribution in [0.3, 0.4) is 0 Å². The molecule has 1 aromatic heterocycles. The molecule has 0 fully saturated rings. The number of nitrogens with one attached hydrogen (secondary N) is 1. The molecule has 0 saturated heterocycles. The molecule has 2 rings (SSSR count). The molecule has 1 aliphatic rings. The van der Waals surface area contributed by atoms with Gasteiger partial charge in [0.05, 0.1) is 29.5 Å². The lowest BCUT2D eigenvalue weighted by Crippen LogP contribution is -2.25. The highest BCUT2D eigenvalue weighted by Gasteiger charge is 2.22. The van der Waals surface area contributed by atoms with E-state index in [0.29, 0.717) is 0 Å². The Morgan fingerprint density at radius 1 is 1.59 bits per heavy atom. The highest BCUT2D eigenvalue weighted by Crippen LogP contribution is 2.30. The summed E-state index contributed by atoms with van der Waals surface area (Å²) < 4.78 is 9.47. The van der Waals surface area contributed by atoms with Gasteiger partial charge in [-0.3, -0.25) is 0 Å². The molecule has 0 saturated carbocycles. The standard InChI is InChI=1S/C12H19N3OS/c1-3-6-13-11(10-5-4-7-16-8-10)12-9(2)14-15-17-12/h8,11,13H,3-7H2,1-2H3. The first-order valence-corrected chi connectivity index (χ1v) is 6.93. The highest BCUT2D eigenvalue weighted by molar-refractivity contribution is 7.05. The van der Waals surface area contributed by atoms with E-state index in [-0.39, 0.29) is 6.04 Å². The summed E-state index contributed by atoms with van der Waals surface area (Å²) in [6, 6.07) is 0.232. The average Bonchev–Trinajstić information content (AvgIpc) is 2.78. The van der Waals surface area contributed by atoms with E-state index in [4.69, 9.17) is 4.74 Å². The smallest absolute Gasteiger partial charge is 0.0876 e. The third kappa shape index (κ3) is 3.04. The molecule has 1 unspecified atom stereocenters. The molecule has 1 N–H and O–H groups in total. The van der Waals surface area contributed by atoms with Crippen molar-refractivity contribution in [2.75, 3.05) is 13.2 Å². The Morgan fingerprint density at radius 2 is 2.47 bits per heavy atom. The molecule has 1 aromatic rings. The van der Waals surface area contributed by atoms with Crippen molar-refractivity contribution in [2.45, 2.75) is 39.2 Å². The van der Waals surface area contributed by atoms with Gasteiger partial charge in [-0.15, -0.1) is 5.10 Å². The fourth-order valence-corrected chi connectivity index (χ4v) is 2.74. The van der Waals surface area contributed by atoms with Gasteiger partial charge in [-0.25, -0.2) is 0 Å². The number of aromatic nitrogens is 2. The second-order valence-electron chi connectivity index (χ2n) is 4.28. The third-order valence-corrected chi connectivity index (χ3v) is 3.77. The van der Waals surface area contributed by atoms with E-state index in [1.807, 2.05) is 13.2 Å². The first-order valence-electron chi connectivity index (χ1n) is 6.15. The highest BCUT2D eigenvalue weighted by atomic mass is 32.1. The lowest BCUT2D eigenvalue weighted by Gasteiger charge is -2.23. The lowest BCUT2D eigenvalue weighted by atomic mass is 10.00. The van der Waals surface area contributed by atoms with Crippen LogP contribution in [0.1, 0.15) is 42.8 Å². The Balaban J connectivity index is 2.18. The molecule has 1 aliphatic heterocycles. The number of rotatable bonds is 5. The van der Waals surface area contributed by atoms with Crippen LogP contribution >= 0.6 is 11.5 Å². The second-order valence-corrected chi connectivity index (χ2v) is 5.06. The van der Waals surface area contributed by atoms with Crippen molar-refractivity contribution in [3.63, 3.8) is 0 Å². The van der Waals surface area contributed by atoms with Gasteiger partial charge in [0.2, 0.25) is 0 Å². The van der Waals surface area contributed by atoms with E-state index in [2.05, 4.69) is 21.8 Å². The fourth-order valence-electron chi connectivity index (χ4n) is 1.98. The van der Waals surface area contributed by atoms with Gasteiger partial charge < -0.3 is 10.1 Å². The van der Waals surface area contributed by atoms with E-state index >= 15 is 0 Å². The van der Waals surface area contributed by atoms with Crippen molar-refractivity contribution in [3.05, 3.63) is 22.4 Å². The van der Waals surface area contributed by atoms with Crippen LogP contribution in [0.15, 0.2) is 11.8 Å². The molecule has 0 aromatic carbocycles. The van der Waals surface area contributed by atoms with Gasteiger partial charge in [-0.1, -0.05) is 11.4 Å².